The molecule has 0 aromatic heterocycles. The maximum Gasteiger partial charge on any atom is 0.329 e. The molecule has 19 heavy (non-hydrogen) atoms. The molecule has 5 nitrogen and oxygen atoms in total. The number of hydrogen-bond donors (Lipinski definition) is 1. The van der Waals surface area contributed by atoms with E-state index in [1.807, 2.05) is 0 Å². The van der Waals surface area contributed by atoms with E-state index in [0.29, 0.717) is 16.3 Å². The predicted molar refractivity (Wildman–Crippen MR) is 71.8 cm³/mol. The second kappa shape index (κ2) is 5.48. The summed E-state index contributed by atoms with van der Waals surface area (Å²) < 4.78 is 5.03. The Labute approximate surface area is 116 Å². The van der Waals surface area contributed by atoms with Crippen molar-refractivity contribution in [1.82, 2.24) is 4.90 Å². The van der Waals surface area contributed by atoms with Crippen molar-refractivity contribution in [3.05, 3.63) is 28.8 Å². The third-order valence-corrected chi connectivity index (χ3v) is 3.38. The molecule has 1 rings (SSSR count). The summed E-state index contributed by atoms with van der Waals surface area (Å²) in [5, 5.41) is 9.50. The number of carboxylic acids is 1. The van der Waals surface area contributed by atoms with Crippen molar-refractivity contribution in [2.75, 3.05) is 14.2 Å². The van der Waals surface area contributed by atoms with Crippen molar-refractivity contribution in [2.24, 2.45) is 0 Å². The van der Waals surface area contributed by atoms with E-state index in [1.165, 1.54) is 46.2 Å². The van der Waals surface area contributed by atoms with Gasteiger partial charge in [0, 0.05) is 12.6 Å². The van der Waals surface area contributed by atoms with Gasteiger partial charge in [0.15, 0.2) is 0 Å². The van der Waals surface area contributed by atoms with Crippen LogP contribution in [-0.2, 0) is 4.79 Å². The standard InChI is InChI=1S/C13H16ClNO4/c1-13(2,12(17)18)15(3)11(16)8-5-6-9(14)10(7-8)19-4/h5-7H,1-4H3,(H,17,18). The maximum atomic E-state index is 12.2. The molecule has 1 aromatic rings. The highest BCUT2D eigenvalue weighted by molar-refractivity contribution is 6.32. The van der Waals surface area contributed by atoms with Gasteiger partial charge in [-0.2, -0.15) is 0 Å². The van der Waals surface area contributed by atoms with Gasteiger partial charge in [-0.15, -0.1) is 0 Å². The zero-order valence-electron chi connectivity index (χ0n) is 11.2. The smallest absolute Gasteiger partial charge is 0.329 e. The Morgan fingerprint density at radius 2 is 1.95 bits per heavy atom. The number of halogens is 1. The normalized spacial score (nSPS) is 11.0. The highest BCUT2D eigenvalue weighted by Gasteiger charge is 2.35. The minimum absolute atomic E-state index is 0.318. The van der Waals surface area contributed by atoms with E-state index < -0.39 is 17.4 Å². The van der Waals surface area contributed by atoms with Gasteiger partial charge in [0.25, 0.3) is 5.91 Å². The third kappa shape index (κ3) is 2.98. The first kappa shape index (κ1) is 15.3. The number of carbonyl (C=O) groups is 2. The van der Waals surface area contributed by atoms with Gasteiger partial charge in [0.2, 0.25) is 0 Å². The van der Waals surface area contributed by atoms with E-state index >= 15 is 0 Å². The largest absolute Gasteiger partial charge is 0.495 e. The highest BCUT2D eigenvalue weighted by Crippen LogP contribution is 2.26. The number of methoxy groups -OCH3 is 1. The lowest BCUT2D eigenvalue weighted by molar-refractivity contribution is -0.147. The zero-order chi connectivity index (χ0) is 14.8. The van der Waals surface area contributed by atoms with Crippen molar-refractivity contribution in [1.29, 1.82) is 0 Å². The van der Waals surface area contributed by atoms with Crippen LogP contribution < -0.4 is 4.74 Å². The molecule has 0 aliphatic heterocycles. The number of ether oxygens (including phenoxy) is 1. The van der Waals surface area contributed by atoms with Crippen LogP contribution in [0, 0.1) is 0 Å². The molecule has 0 saturated heterocycles. The molecule has 0 atom stereocenters. The van der Waals surface area contributed by atoms with Crippen LogP contribution in [0.25, 0.3) is 0 Å². The molecule has 1 amide bonds. The van der Waals surface area contributed by atoms with E-state index in [9.17, 15) is 9.59 Å². The Balaban J connectivity index is 3.10. The number of carboxylic acid groups (broad SMARTS) is 1. The fourth-order valence-electron chi connectivity index (χ4n) is 1.38. The molecular formula is C13H16ClNO4. The number of hydrogen-bond acceptors (Lipinski definition) is 3. The van der Waals surface area contributed by atoms with E-state index in [2.05, 4.69) is 0 Å². The van der Waals surface area contributed by atoms with Crippen molar-refractivity contribution < 1.29 is 19.4 Å². The number of benzene rings is 1. The summed E-state index contributed by atoms with van der Waals surface area (Å²) in [6.07, 6.45) is 0. The molecule has 0 aliphatic rings. The molecule has 6 heteroatoms. The van der Waals surface area contributed by atoms with Crippen molar-refractivity contribution >= 4 is 23.5 Å². The predicted octanol–water partition coefficient (Wildman–Crippen LogP) is 2.28. The summed E-state index contributed by atoms with van der Waals surface area (Å²) in [7, 11) is 2.89. The highest BCUT2D eigenvalue weighted by atomic mass is 35.5. The Kier molecular flexibility index (Phi) is 4.42. The molecule has 104 valence electrons. The fourth-order valence-corrected chi connectivity index (χ4v) is 1.58. The Morgan fingerprint density at radius 1 is 1.37 bits per heavy atom. The zero-order valence-corrected chi connectivity index (χ0v) is 12.0. The van der Waals surface area contributed by atoms with Crippen LogP contribution in [0.15, 0.2) is 18.2 Å². The molecule has 0 spiro atoms. The molecule has 0 heterocycles. The van der Waals surface area contributed by atoms with Crippen LogP contribution in [0.5, 0.6) is 5.75 Å². The third-order valence-electron chi connectivity index (χ3n) is 3.06. The SMILES string of the molecule is COc1cc(C(=O)N(C)C(C)(C)C(=O)O)ccc1Cl. The molecule has 0 bridgehead atoms. The van der Waals surface area contributed by atoms with E-state index in [0.717, 1.165) is 4.90 Å². The molecule has 1 N–H and O–H groups in total. The molecular weight excluding hydrogens is 270 g/mol. The minimum atomic E-state index is -1.30. The maximum absolute atomic E-state index is 12.2. The van der Waals surface area contributed by atoms with Crippen LogP contribution >= 0.6 is 11.6 Å². The molecule has 0 radical (unpaired) electrons. The topological polar surface area (TPSA) is 66.8 Å². The number of amides is 1. The number of nitrogens with zero attached hydrogens (tertiary/aromatic N) is 1. The summed E-state index contributed by atoms with van der Waals surface area (Å²) >= 11 is 5.88. The van der Waals surface area contributed by atoms with Crippen molar-refractivity contribution in [3.8, 4) is 5.75 Å². The molecule has 0 saturated carbocycles. The molecule has 0 fully saturated rings. The van der Waals surface area contributed by atoms with Crippen LogP contribution in [0.4, 0.5) is 0 Å². The Morgan fingerprint density at radius 3 is 2.42 bits per heavy atom. The Bertz CT molecular complexity index is 513. The Hall–Kier alpha value is -1.75. The first-order chi connectivity index (χ1) is 8.71. The first-order valence-electron chi connectivity index (χ1n) is 5.57. The van der Waals surface area contributed by atoms with Crippen LogP contribution in [0.1, 0.15) is 24.2 Å². The van der Waals surface area contributed by atoms with Gasteiger partial charge < -0.3 is 14.7 Å². The van der Waals surface area contributed by atoms with Gasteiger partial charge in [-0.3, -0.25) is 4.79 Å². The second-order valence-electron chi connectivity index (χ2n) is 4.58. The lowest BCUT2D eigenvalue weighted by Gasteiger charge is -2.31. The number of carbonyl (C=O) groups excluding carboxylic acids is 1. The summed E-state index contributed by atoms with van der Waals surface area (Å²) in [5.74, 6) is -1.12. The number of rotatable bonds is 4. The van der Waals surface area contributed by atoms with E-state index in [4.69, 9.17) is 21.4 Å². The van der Waals surface area contributed by atoms with Crippen molar-refractivity contribution in [3.63, 3.8) is 0 Å². The van der Waals surface area contributed by atoms with Gasteiger partial charge in [0.1, 0.15) is 11.3 Å². The lowest BCUT2D eigenvalue weighted by atomic mass is 10.0. The molecule has 0 aliphatic carbocycles. The van der Waals surface area contributed by atoms with E-state index in [1.54, 1.807) is 0 Å². The van der Waals surface area contributed by atoms with Gasteiger partial charge in [-0.1, -0.05) is 11.6 Å². The van der Waals surface area contributed by atoms with Crippen LogP contribution in [0.3, 0.4) is 0 Å². The summed E-state index contributed by atoms with van der Waals surface area (Å²) in [6, 6.07) is 4.55. The molecule has 0 unspecified atom stereocenters. The average Bonchev–Trinajstić information content (AvgIpc) is 2.37. The first-order valence-corrected chi connectivity index (χ1v) is 5.94. The van der Waals surface area contributed by atoms with Gasteiger partial charge in [0.05, 0.1) is 12.1 Å². The summed E-state index contributed by atoms with van der Waals surface area (Å²) in [6.45, 7) is 2.92. The van der Waals surface area contributed by atoms with Crippen LogP contribution in [-0.4, -0.2) is 41.6 Å². The van der Waals surface area contributed by atoms with Gasteiger partial charge >= 0.3 is 5.97 Å². The average molecular weight is 286 g/mol. The quantitative estimate of drug-likeness (QED) is 0.922. The summed E-state index contributed by atoms with van der Waals surface area (Å²) in [5.41, 5.74) is -0.984. The monoisotopic (exact) mass is 285 g/mol. The van der Waals surface area contributed by atoms with E-state index in [-0.39, 0.29) is 0 Å². The molecule has 1 aromatic carbocycles. The van der Waals surface area contributed by atoms with Gasteiger partial charge in [-0.05, 0) is 32.0 Å². The summed E-state index contributed by atoms with van der Waals surface area (Å²) in [4.78, 5) is 24.5. The minimum Gasteiger partial charge on any atom is -0.495 e. The second-order valence-corrected chi connectivity index (χ2v) is 4.98. The number of likely N-dealkylation sites (N-methyl/N-ethyl adjacent to an activating group) is 1. The van der Waals surface area contributed by atoms with Crippen molar-refractivity contribution in [2.45, 2.75) is 19.4 Å². The van der Waals surface area contributed by atoms with Gasteiger partial charge in [-0.25, -0.2) is 4.79 Å². The fraction of sp³-hybridized carbons (Fsp3) is 0.385. The number of aliphatic carboxylic acids is 1. The van der Waals surface area contributed by atoms with Crippen LogP contribution in [0.2, 0.25) is 5.02 Å². The lowest BCUT2D eigenvalue weighted by Crippen LogP contribution is -2.50.